The van der Waals surface area contributed by atoms with E-state index in [1.54, 1.807) is 7.11 Å². The first-order chi connectivity index (χ1) is 17.9. The predicted molar refractivity (Wildman–Crippen MR) is 143 cm³/mol. The first-order valence-electron chi connectivity index (χ1n) is 12.7. The molecule has 1 aromatic carbocycles. The number of methoxy groups -OCH3 is 1. The van der Waals surface area contributed by atoms with Crippen LogP contribution in [0.3, 0.4) is 0 Å². The van der Waals surface area contributed by atoms with Crippen LogP contribution in [0.1, 0.15) is 48.9 Å². The van der Waals surface area contributed by atoms with Gasteiger partial charge < -0.3 is 15.8 Å². The summed E-state index contributed by atoms with van der Waals surface area (Å²) < 4.78 is 7.87. The van der Waals surface area contributed by atoms with Gasteiger partial charge in [-0.25, -0.2) is 4.98 Å². The predicted octanol–water partition coefficient (Wildman–Crippen LogP) is 3.51. The number of aromatic nitrogens is 4. The van der Waals surface area contributed by atoms with Gasteiger partial charge in [-0.2, -0.15) is 10.1 Å². The minimum Gasteiger partial charge on any atom is -0.494 e. The van der Waals surface area contributed by atoms with E-state index in [-0.39, 0.29) is 37.1 Å². The van der Waals surface area contributed by atoms with Gasteiger partial charge in [-0.15, -0.1) is 0 Å². The molecule has 11 heteroatoms. The van der Waals surface area contributed by atoms with Crippen molar-refractivity contribution in [3.05, 3.63) is 36.0 Å². The molecule has 6 rings (SSSR count). The fourth-order valence-electron chi connectivity index (χ4n) is 4.67. The molecule has 192 valence electrons. The Morgan fingerprint density at radius 2 is 1.86 bits per heavy atom. The van der Waals surface area contributed by atoms with Gasteiger partial charge in [0.1, 0.15) is 11.4 Å². The minimum absolute atomic E-state index is 0.00304. The van der Waals surface area contributed by atoms with Gasteiger partial charge in [0.15, 0.2) is 5.75 Å². The number of hydrogen-bond acceptors (Lipinski definition) is 7. The number of nitrogens with two attached hydrogens (primary N) is 1. The van der Waals surface area contributed by atoms with Crippen LogP contribution in [0.5, 0.6) is 5.75 Å². The number of aryl methyl sites for hydroxylation is 1. The highest BCUT2D eigenvalue weighted by Gasteiger charge is 2.43. The summed E-state index contributed by atoms with van der Waals surface area (Å²) in [7, 11) is 3.45. The number of carbonyl (C=O) groups excluding carboxylic acids is 2. The second-order valence-corrected chi connectivity index (χ2v) is 12.7. The maximum Gasteiger partial charge on any atom is 0.254 e. The summed E-state index contributed by atoms with van der Waals surface area (Å²) in [4.78, 5) is 32.8. The first kappa shape index (κ1) is 23.9. The Balaban J connectivity index is 1.33. The van der Waals surface area contributed by atoms with Crippen molar-refractivity contribution in [1.82, 2.24) is 19.7 Å². The van der Waals surface area contributed by atoms with E-state index in [1.807, 2.05) is 29.9 Å². The van der Waals surface area contributed by atoms with Gasteiger partial charge in [-0.3, -0.25) is 19.6 Å². The van der Waals surface area contributed by atoms with Gasteiger partial charge in [-0.05, 0) is 76.0 Å². The van der Waals surface area contributed by atoms with Gasteiger partial charge in [0.2, 0.25) is 11.9 Å². The van der Waals surface area contributed by atoms with E-state index in [9.17, 15) is 9.59 Å². The zero-order valence-corrected chi connectivity index (χ0v) is 21.8. The van der Waals surface area contributed by atoms with Crippen LogP contribution in [0, 0.1) is 5.92 Å². The molecule has 4 N–H and O–H groups in total. The van der Waals surface area contributed by atoms with E-state index in [2.05, 4.69) is 26.7 Å². The van der Waals surface area contributed by atoms with Crippen LogP contribution in [0.15, 0.2) is 30.5 Å². The topological polar surface area (TPSA) is 137 Å². The van der Waals surface area contributed by atoms with E-state index < -0.39 is 5.91 Å². The molecule has 0 bridgehead atoms. The van der Waals surface area contributed by atoms with E-state index >= 15 is 0 Å². The first-order valence-corrected chi connectivity index (χ1v) is 14.2. The normalized spacial score (nSPS) is 17.1. The number of nitrogens with one attached hydrogen (secondary N) is 2. The molecule has 0 spiro atoms. The number of anilines is 3. The summed E-state index contributed by atoms with van der Waals surface area (Å²) in [6.45, 7) is 0. The van der Waals surface area contributed by atoms with Crippen LogP contribution in [0.25, 0.3) is 11.3 Å². The highest BCUT2D eigenvalue weighted by atomic mass is 31.1. The van der Waals surface area contributed by atoms with Crippen molar-refractivity contribution in [3.63, 3.8) is 0 Å². The molecule has 3 saturated carbocycles. The van der Waals surface area contributed by atoms with Gasteiger partial charge in [0.25, 0.3) is 5.91 Å². The van der Waals surface area contributed by atoms with Crippen molar-refractivity contribution >= 4 is 42.6 Å². The Hall–Kier alpha value is -3.52. The molecule has 3 aliphatic carbocycles. The summed E-state index contributed by atoms with van der Waals surface area (Å²) in [6.07, 6.45) is 8.35. The van der Waals surface area contributed by atoms with E-state index in [1.165, 1.54) is 37.3 Å². The van der Waals surface area contributed by atoms with Crippen LogP contribution in [-0.4, -0.2) is 50.0 Å². The summed E-state index contributed by atoms with van der Waals surface area (Å²) in [5.74, 6) is 0.0732. The molecule has 0 saturated heterocycles. The van der Waals surface area contributed by atoms with Crippen LogP contribution >= 0.6 is 7.92 Å². The highest BCUT2D eigenvalue weighted by Crippen LogP contribution is 2.63. The van der Waals surface area contributed by atoms with Crippen LogP contribution in [0.2, 0.25) is 0 Å². The second-order valence-electron chi connectivity index (χ2n) is 9.98. The minimum atomic E-state index is -0.680. The number of benzene rings is 1. The monoisotopic (exact) mass is 519 g/mol. The van der Waals surface area contributed by atoms with Gasteiger partial charge in [-0.1, -0.05) is 6.07 Å². The van der Waals surface area contributed by atoms with Crippen LogP contribution in [-0.2, 0) is 11.8 Å². The van der Waals surface area contributed by atoms with Crippen LogP contribution < -0.4 is 26.5 Å². The fraction of sp³-hybridized carbons (Fsp3) is 0.423. The number of amides is 2. The van der Waals surface area contributed by atoms with Crippen molar-refractivity contribution < 1.29 is 14.3 Å². The number of ether oxygens (including phenoxy) is 1. The number of para-hydroxylation sites is 1. The molecule has 0 aliphatic heterocycles. The van der Waals surface area contributed by atoms with Gasteiger partial charge >= 0.3 is 0 Å². The van der Waals surface area contributed by atoms with Crippen molar-refractivity contribution in [2.24, 2.45) is 18.7 Å². The van der Waals surface area contributed by atoms with E-state index in [0.717, 1.165) is 35.4 Å². The molecule has 3 aliphatic rings. The third-order valence-corrected chi connectivity index (χ3v) is 10.5. The molecule has 3 aromatic rings. The Kier molecular flexibility index (Phi) is 6.07. The van der Waals surface area contributed by atoms with Crippen LogP contribution in [0.4, 0.5) is 17.5 Å². The van der Waals surface area contributed by atoms with Gasteiger partial charge in [0.05, 0.1) is 23.9 Å². The van der Waals surface area contributed by atoms with Gasteiger partial charge in [0, 0.05) is 24.7 Å². The number of rotatable bonds is 10. The maximum atomic E-state index is 12.2. The average molecular weight is 520 g/mol. The standard InChI is InChI=1S/C26H30N7O3P/c1-33-21(37(15-8-9-15)16-10-11-16)12-20(32-33)17-4-3-5-19(22(17)36-2)29-24-18(23(27)34)13-28-26(30-24)31-25(35)14-6-7-14/h3-5,12-16H,6-11H2,1-2H3,(H2,27,34)(H2,28,29,30,31,35). The molecule has 0 atom stereocenters. The molecule has 0 radical (unpaired) electrons. The molecule has 37 heavy (non-hydrogen) atoms. The van der Waals surface area contributed by atoms with E-state index in [0.29, 0.717) is 11.4 Å². The van der Waals surface area contributed by atoms with Crippen molar-refractivity contribution in [2.45, 2.75) is 49.8 Å². The highest BCUT2D eigenvalue weighted by molar-refractivity contribution is 7.67. The van der Waals surface area contributed by atoms with E-state index in [4.69, 9.17) is 15.6 Å². The molecule has 2 aromatic heterocycles. The molecule has 3 fully saturated rings. The summed E-state index contributed by atoms with van der Waals surface area (Å²) in [5.41, 5.74) is 11.0. The molecule has 2 amide bonds. The Bertz CT molecular complexity index is 1370. The van der Waals surface area contributed by atoms with Crippen molar-refractivity contribution in [3.8, 4) is 17.0 Å². The molecule has 10 nitrogen and oxygen atoms in total. The lowest BCUT2D eigenvalue weighted by Crippen LogP contribution is -2.19. The maximum absolute atomic E-state index is 12.2. The lowest BCUT2D eigenvalue weighted by Gasteiger charge is -2.16. The molecule has 0 unspecified atom stereocenters. The van der Waals surface area contributed by atoms with Crippen molar-refractivity contribution in [1.29, 1.82) is 0 Å². The molecule has 2 heterocycles. The summed E-state index contributed by atoms with van der Waals surface area (Å²) >= 11 is 0. The second kappa shape index (κ2) is 9.41. The summed E-state index contributed by atoms with van der Waals surface area (Å²) in [6, 6.07) is 7.93. The average Bonchev–Trinajstić information content (AvgIpc) is 3.73. The van der Waals surface area contributed by atoms with Crippen molar-refractivity contribution in [2.75, 3.05) is 17.7 Å². The number of nitrogens with zero attached hydrogens (tertiary/aromatic N) is 4. The smallest absolute Gasteiger partial charge is 0.254 e. The number of hydrogen-bond donors (Lipinski definition) is 3. The third-order valence-electron chi connectivity index (χ3n) is 6.99. The Labute approximate surface area is 216 Å². The lowest BCUT2D eigenvalue weighted by molar-refractivity contribution is -0.117. The Morgan fingerprint density at radius 1 is 1.14 bits per heavy atom. The zero-order valence-electron chi connectivity index (χ0n) is 20.9. The third kappa shape index (κ3) is 4.90. The number of carbonyl (C=O) groups is 2. The molecular formula is C26H30N7O3P. The summed E-state index contributed by atoms with van der Waals surface area (Å²) in [5, 5.41) is 10.8. The zero-order chi connectivity index (χ0) is 25.7. The molecular weight excluding hydrogens is 489 g/mol. The quantitative estimate of drug-likeness (QED) is 0.349. The number of primary amides is 1. The Morgan fingerprint density at radius 3 is 2.49 bits per heavy atom. The largest absolute Gasteiger partial charge is 0.494 e. The SMILES string of the molecule is COc1c(Nc2nc(NC(=O)C3CC3)ncc2C(N)=O)cccc1-c1cc(P(C2CC2)C2CC2)n(C)n1. The lowest BCUT2D eigenvalue weighted by atomic mass is 10.1. The fourth-order valence-corrected chi connectivity index (χ4v) is 8.07.